The molecule has 0 aromatic heterocycles. The first-order valence-electron chi connectivity index (χ1n) is 32.4. The molecule has 0 aromatic carbocycles. The minimum Gasteiger partial charge on any atom is -0.458 e. The summed E-state index contributed by atoms with van der Waals surface area (Å²) in [7, 11) is 0. The van der Waals surface area contributed by atoms with E-state index in [2.05, 4.69) is 41.5 Å². The number of hydrogen-bond acceptors (Lipinski definition) is 16. The average Bonchev–Trinajstić information content (AvgIpc) is 4.13. The molecule has 81 heavy (non-hydrogen) atoms. The summed E-state index contributed by atoms with van der Waals surface area (Å²) in [6, 6.07) is 0. The van der Waals surface area contributed by atoms with Crippen molar-refractivity contribution in [2.45, 2.75) is 257 Å². The highest BCUT2D eigenvalue weighted by molar-refractivity contribution is 5.87. The minimum absolute atomic E-state index is 0.00111. The second kappa shape index (κ2) is 20.9. The first-order valence-corrected chi connectivity index (χ1v) is 32.4. The number of carbonyl (C=O) groups excluding carboxylic acids is 3. The van der Waals surface area contributed by atoms with Crippen LogP contribution in [0.5, 0.6) is 0 Å². The van der Waals surface area contributed by atoms with E-state index in [0.717, 1.165) is 109 Å². The fourth-order valence-electron chi connectivity index (χ4n) is 23.9. The lowest BCUT2D eigenvalue weighted by Gasteiger charge is -2.64. The zero-order valence-electron chi connectivity index (χ0n) is 50.1. The van der Waals surface area contributed by atoms with Crippen LogP contribution in [0.1, 0.15) is 190 Å². The average molecular weight is 1140 g/mol. The van der Waals surface area contributed by atoms with Gasteiger partial charge in [-0.2, -0.15) is 0 Å². The summed E-state index contributed by atoms with van der Waals surface area (Å²) in [4.78, 5) is 36.9. The van der Waals surface area contributed by atoms with Crippen molar-refractivity contribution in [2.75, 3.05) is 26.4 Å². The molecule has 2 spiro atoms. The van der Waals surface area contributed by atoms with Gasteiger partial charge < -0.3 is 64.2 Å². The minimum atomic E-state index is -0.769. The highest BCUT2D eigenvalue weighted by atomic mass is 16.7. The summed E-state index contributed by atoms with van der Waals surface area (Å²) in [5.74, 6) is 0.679. The van der Waals surface area contributed by atoms with E-state index >= 15 is 0 Å². The summed E-state index contributed by atoms with van der Waals surface area (Å²) < 4.78 is 36.8. The smallest absolute Gasteiger partial charge is 0.303 e. The topological polar surface area (TPSA) is 248 Å². The van der Waals surface area contributed by atoms with Gasteiger partial charge in [0.1, 0.15) is 18.0 Å². The molecule has 458 valence electrons. The van der Waals surface area contributed by atoms with Crippen molar-refractivity contribution >= 4 is 17.7 Å². The summed E-state index contributed by atoms with van der Waals surface area (Å²) in [5, 5.41) is 74.7. The van der Waals surface area contributed by atoms with Crippen LogP contribution in [0.15, 0.2) is 0 Å². The first kappa shape index (κ1) is 59.5. The van der Waals surface area contributed by atoms with Crippen LogP contribution in [0.2, 0.25) is 0 Å². The molecule has 2 aliphatic heterocycles. The van der Waals surface area contributed by atoms with E-state index < -0.39 is 54.3 Å². The predicted octanol–water partition coefficient (Wildman–Crippen LogP) is 7.19. The number of ketones is 1. The van der Waals surface area contributed by atoms with E-state index in [1.807, 2.05) is 0 Å². The number of esters is 2. The van der Waals surface area contributed by atoms with Crippen LogP contribution >= 0.6 is 0 Å². The van der Waals surface area contributed by atoms with Gasteiger partial charge in [-0.05, 0) is 191 Å². The van der Waals surface area contributed by atoms with Gasteiger partial charge in [-0.25, -0.2) is 0 Å². The fraction of sp³-hybridized carbons (Fsp3) is 0.954. The molecule has 12 saturated carbocycles. The molecule has 16 nitrogen and oxygen atoms in total. The van der Waals surface area contributed by atoms with E-state index in [1.54, 1.807) is 0 Å². The SMILES string of the molecule is CC(=O)O[C@@H]1C2C(CC[C@@]3(C)C2CCC32OCCO2)[C@@]2(C)CC[C@H](O)CC2[C@H]1OC(C)=O.C[C@]12CC[C@H](O)CC1[C@@H](O)[C@H](O)C1C2CC[C@@]2(C)C1CCC21OCCO1.C[C@]12CC[C@H](O)CC1[C@@H](O)[C@H](O)C1C2CC[C@]2(C)C(=O)CCC12. The molecule has 27 atom stereocenters. The van der Waals surface area contributed by atoms with Crippen molar-refractivity contribution in [3.63, 3.8) is 0 Å². The Kier molecular flexibility index (Phi) is 15.4. The molecule has 2 heterocycles. The maximum Gasteiger partial charge on any atom is 0.303 e. The number of carbonyl (C=O) groups is 3. The van der Waals surface area contributed by atoms with Gasteiger partial charge in [-0.15, -0.1) is 0 Å². The highest BCUT2D eigenvalue weighted by Gasteiger charge is 2.73. The molecule has 0 radical (unpaired) electrons. The van der Waals surface area contributed by atoms with Gasteiger partial charge in [0.2, 0.25) is 0 Å². The lowest BCUT2D eigenvalue weighted by atomic mass is 9.43. The van der Waals surface area contributed by atoms with Gasteiger partial charge in [0.25, 0.3) is 0 Å². The lowest BCUT2D eigenvalue weighted by Crippen LogP contribution is -2.66. The van der Waals surface area contributed by atoms with Gasteiger partial charge in [0.05, 0.1) is 69.2 Å². The molecule has 14 aliphatic rings. The van der Waals surface area contributed by atoms with E-state index in [1.165, 1.54) is 13.8 Å². The maximum absolute atomic E-state index is 12.4. The van der Waals surface area contributed by atoms with Crippen molar-refractivity contribution in [1.29, 1.82) is 0 Å². The zero-order valence-corrected chi connectivity index (χ0v) is 50.1. The number of aliphatic hydroxyl groups is 7. The highest BCUT2D eigenvalue weighted by Crippen LogP contribution is 2.73. The summed E-state index contributed by atoms with van der Waals surface area (Å²) in [6.45, 7) is 19.0. The summed E-state index contributed by atoms with van der Waals surface area (Å²) in [5.41, 5.74) is -0.620. The van der Waals surface area contributed by atoms with Crippen LogP contribution in [-0.4, -0.2) is 146 Å². The van der Waals surface area contributed by atoms with Crippen molar-refractivity contribution in [3.05, 3.63) is 0 Å². The van der Waals surface area contributed by atoms with Gasteiger partial charge in [-0.1, -0.05) is 41.5 Å². The number of aliphatic hydroxyl groups excluding tert-OH is 7. The molecule has 0 aromatic rings. The second-order valence-electron chi connectivity index (χ2n) is 30.9. The van der Waals surface area contributed by atoms with Gasteiger partial charge in [0.15, 0.2) is 11.6 Å². The second-order valence-corrected chi connectivity index (χ2v) is 30.9. The van der Waals surface area contributed by atoms with Crippen molar-refractivity contribution in [2.24, 2.45) is 104 Å². The molecular formula is C65H102O16. The van der Waals surface area contributed by atoms with E-state index in [4.69, 9.17) is 28.4 Å². The van der Waals surface area contributed by atoms with Crippen LogP contribution < -0.4 is 0 Å². The quantitative estimate of drug-likeness (QED) is 0.135. The van der Waals surface area contributed by atoms with Crippen LogP contribution in [0.4, 0.5) is 0 Å². The molecule has 0 bridgehead atoms. The Morgan fingerprint density at radius 3 is 1.23 bits per heavy atom. The van der Waals surface area contributed by atoms with E-state index in [9.17, 15) is 50.1 Å². The number of Topliss-reactive ketones (excluding diaryl/α,β-unsaturated/α-hetero) is 1. The van der Waals surface area contributed by atoms with Crippen LogP contribution in [0, 0.1) is 104 Å². The number of rotatable bonds is 2. The number of hydrogen-bond donors (Lipinski definition) is 7. The number of fused-ring (bicyclic) bond motifs is 17. The number of ether oxygens (including phenoxy) is 6. The third-order valence-electron chi connectivity index (χ3n) is 28.0. The lowest BCUT2D eigenvalue weighted by molar-refractivity contribution is -0.273. The van der Waals surface area contributed by atoms with Gasteiger partial charge in [0, 0.05) is 61.2 Å². The Labute approximate surface area is 481 Å². The third-order valence-corrected chi connectivity index (χ3v) is 28.0. The van der Waals surface area contributed by atoms with Crippen LogP contribution in [0.3, 0.4) is 0 Å². The van der Waals surface area contributed by atoms with Crippen molar-refractivity contribution in [3.8, 4) is 0 Å². The summed E-state index contributed by atoms with van der Waals surface area (Å²) >= 11 is 0. The fourth-order valence-corrected chi connectivity index (χ4v) is 23.9. The Morgan fingerprint density at radius 2 is 0.778 bits per heavy atom. The molecule has 12 aliphatic carbocycles. The first-order chi connectivity index (χ1) is 38.2. The zero-order chi connectivity index (χ0) is 57.8. The standard InChI is InChI=1S/C25H38O7.C21H34O5.C19H30O4/c1-14(26)31-21-19-13-16(28)5-8-23(19,3)17-6-9-24(4)18(20(17)22(21)32-15(2)27)7-10-25(24)29-11-12-30-25;1-19-6-3-12(22)11-15(19)17(23)18(24)16-13(19)4-7-20(2)14(16)5-8-21(20)25-9-10-26-21;1-18-7-5-10(20)9-13(18)16(22)17(23)15-11-3-4-14(21)19(11,2)8-6-12(15)18/h16-22,28H,5-13H2,1-4H3;12-18,22-24H,3-11H2,1-2H3;10-13,15-17,20,22-23H,3-9H2,1-2H3/t16-,17?,18?,19?,20?,21+,22+,23+,24-;12-,13?,14?,15?,16?,17+,18+,19+,20-;10-,11?,12?,13?,15?,16+,17+,18+,19-/m000/s1. The van der Waals surface area contributed by atoms with Crippen LogP contribution in [0.25, 0.3) is 0 Å². The third kappa shape index (κ3) is 8.79. The molecule has 14 fully saturated rings. The summed E-state index contributed by atoms with van der Waals surface area (Å²) in [6.07, 6.45) is 13.0. The normalized spacial score (nSPS) is 54.9. The molecule has 16 heteroatoms. The Balaban J connectivity index is 0.000000122. The van der Waals surface area contributed by atoms with E-state index in [0.29, 0.717) is 81.6 Å². The van der Waals surface area contributed by atoms with Crippen LogP contribution in [-0.2, 0) is 42.8 Å². The molecule has 0 amide bonds. The molecule has 12 unspecified atom stereocenters. The van der Waals surface area contributed by atoms with Crippen molar-refractivity contribution in [1.82, 2.24) is 0 Å². The van der Waals surface area contributed by atoms with E-state index in [-0.39, 0.29) is 104 Å². The molecule has 14 rings (SSSR count). The maximum atomic E-state index is 12.4. The Bertz CT molecular complexity index is 2370. The van der Waals surface area contributed by atoms with Gasteiger partial charge in [-0.3, -0.25) is 14.4 Å². The Morgan fingerprint density at radius 1 is 0.407 bits per heavy atom. The molecule has 7 N–H and O–H groups in total. The largest absolute Gasteiger partial charge is 0.458 e. The molecular weight excluding hydrogens is 1040 g/mol. The Hall–Kier alpha value is -1.83. The van der Waals surface area contributed by atoms with Crippen molar-refractivity contribution < 1.29 is 78.6 Å². The van der Waals surface area contributed by atoms with Gasteiger partial charge >= 0.3 is 11.9 Å². The predicted molar refractivity (Wildman–Crippen MR) is 295 cm³/mol. The monoisotopic (exact) mass is 1140 g/mol. The molecule has 2 saturated heterocycles.